The van der Waals surface area contributed by atoms with Gasteiger partial charge in [0, 0.05) is 22.3 Å². The van der Waals surface area contributed by atoms with Crippen LogP contribution in [0.1, 0.15) is 12.5 Å². The normalized spacial score (nSPS) is 11.2. The van der Waals surface area contributed by atoms with Crippen LogP contribution in [0.5, 0.6) is 0 Å². The lowest BCUT2D eigenvalue weighted by Crippen LogP contribution is -2.01. The molecule has 4 heteroatoms. The zero-order chi connectivity index (χ0) is 15.0. The Bertz CT molecular complexity index is 583. The highest BCUT2D eigenvalue weighted by atomic mass is 79.9. The molecule has 3 nitrogen and oxygen atoms in total. The van der Waals surface area contributed by atoms with Gasteiger partial charge in [-0.15, -0.1) is 0 Å². The lowest BCUT2D eigenvalue weighted by molar-refractivity contribution is 0.306. The summed E-state index contributed by atoms with van der Waals surface area (Å²) in [5.74, 6) is 0.808. The van der Waals surface area contributed by atoms with Crippen LogP contribution in [0.25, 0.3) is 5.57 Å². The summed E-state index contributed by atoms with van der Waals surface area (Å²) in [6.45, 7) is 6.30. The van der Waals surface area contributed by atoms with Crippen LogP contribution in [0.4, 0.5) is 5.69 Å². The van der Waals surface area contributed by atoms with Crippen molar-refractivity contribution in [2.45, 2.75) is 6.92 Å². The van der Waals surface area contributed by atoms with Gasteiger partial charge in [-0.25, -0.2) is 0 Å². The van der Waals surface area contributed by atoms with Crippen LogP contribution in [0.15, 0.2) is 53.2 Å². The average molecular weight is 333 g/mol. The SMILES string of the molecule is C=C(C#N)c1ccc(Br)cc1NC/C=C\C(=C/C)OC. The number of hydrogen-bond donors (Lipinski definition) is 1. The van der Waals surface area contributed by atoms with Gasteiger partial charge in [0.1, 0.15) is 5.76 Å². The van der Waals surface area contributed by atoms with Crippen LogP contribution >= 0.6 is 15.9 Å². The summed E-state index contributed by atoms with van der Waals surface area (Å²) in [7, 11) is 1.64. The molecule has 0 amide bonds. The minimum absolute atomic E-state index is 0.440. The van der Waals surface area contributed by atoms with E-state index in [0.29, 0.717) is 12.1 Å². The largest absolute Gasteiger partial charge is 0.497 e. The molecule has 1 aromatic carbocycles. The number of benzene rings is 1. The minimum atomic E-state index is 0.440. The quantitative estimate of drug-likeness (QED) is 0.473. The van der Waals surface area contributed by atoms with Crippen molar-refractivity contribution in [1.29, 1.82) is 5.26 Å². The van der Waals surface area contributed by atoms with Crippen LogP contribution in [-0.2, 0) is 4.74 Å². The number of rotatable bonds is 6. The molecule has 0 unspecified atom stereocenters. The molecule has 0 atom stereocenters. The van der Waals surface area contributed by atoms with E-state index in [1.165, 1.54) is 0 Å². The van der Waals surface area contributed by atoms with E-state index in [-0.39, 0.29) is 0 Å². The summed E-state index contributed by atoms with van der Waals surface area (Å²) in [6, 6.07) is 7.76. The molecule has 1 rings (SSSR count). The average Bonchev–Trinajstić information content (AvgIpc) is 2.47. The maximum atomic E-state index is 8.96. The number of hydrogen-bond acceptors (Lipinski definition) is 3. The summed E-state index contributed by atoms with van der Waals surface area (Å²) in [4.78, 5) is 0. The van der Waals surface area contributed by atoms with E-state index in [1.807, 2.05) is 43.4 Å². The highest BCUT2D eigenvalue weighted by Crippen LogP contribution is 2.26. The van der Waals surface area contributed by atoms with Gasteiger partial charge in [-0.1, -0.05) is 34.7 Å². The van der Waals surface area contributed by atoms with Gasteiger partial charge in [0.2, 0.25) is 0 Å². The van der Waals surface area contributed by atoms with Crippen molar-refractivity contribution in [3.05, 3.63) is 58.8 Å². The maximum absolute atomic E-state index is 8.96. The number of ether oxygens (including phenoxy) is 1. The molecule has 1 N–H and O–H groups in total. The molecule has 0 spiro atoms. The molecule has 0 aliphatic rings. The zero-order valence-corrected chi connectivity index (χ0v) is 13.2. The number of nitrogens with zero attached hydrogens (tertiary/aromatic N) is 1. The third-order valence-electron chi connectivity index (χ3n) is 2.65. The smallest absolute Gasteiger partial charge is 0.114 e. The number of allylic oxidation sites excluding steroid dienone is 3. The zero-order valence-electron chi connectivity index (χ0n) is 11.6. The Morgan fingerprint density at radius 1 is 1.55 bits per heavy atom. The van der Waals surface area contributed by atoms with Crippen molar-refractivity contribution in [1.82, 2.24) is 0 Å². The standard InChI is InChI=1S/C16H17BrN2O/c1-4-14(20-3)6-5-9-19-16-10-13(17)7-8-15(16)12(2)11-18/h4-8,10,19H,2,9H2,1,3H3/b6-5-,14-4+. The van der Waals surface area contributed by atoms with E-state index in [0.717, 1.165) is 21.5 Å². The molecule has 20 heavy (non-hydrogen) atoms. The molecule has 0 heterocycles. The van der Waals surface area contributed by atoms with Crippen molar-refractivity contribution >= 4 is 27.2 Å². The number of nitriles is 1. The van der Waals surface area contributed by atoms with E-state index in [4.69, 9.17) is 10.00 Å². The number of halogens is 1. The topological polar surface area (TPSA) is 45.0 Å². The first-order chi connectivity index (χ1) is 9.62. The van der Waals surface area contributed by atoms with Crippen LogP contribution in [0, 0.1) is 11.3 Å². The summed E-state index contributed by atoms with van der Waals surface area (Å²) in [5, 5.41) is 12.2. The Hall–Kier alpha value is -1.99. The first-order valence-electron chi connectivity index (χ1n) is 6.12. The molecular weight excluding hydrogens is 316 g/mol. The molecule has 1 aromatic rings. The fourth-order valence-corrected chi connectivity index (χ4v) is 1.97. The minimum Gasteiger partial charge on any atom is -0.497 e. The van der Waals surface area contributed by atoms with Crippen LogP contribution < -0.4 is 5.32 Å². The highest BCUT2D eigenvalue weighted by molar-refractivity contribution is 9.10. The molecule has 0 fully saturated rings. The van der Waals surface area contributed by atoms with Gasteiger partial charge < -0.3 is 10.1 Å². The lowest BCUT2D eigenvalue weighted by Gasteiger charge is -2.10. The molecule has 0 aliphatic heterocycles. The van der Waals surface area contributed by atoms with E-state index in [2.05, 4.69) is 33.9 Å². The Balaban J connectivity index is 2.80. The molecule has 0 aromatic heterocycles. The van der Waals surface area contributed by atoms with Crippen molar-refractivity contribution in [3.63, 3.8) is 0 Å². The second-order valence-corrected chi connectivity index (χ2v) is 4.87. The molecule has 0 saturated heterocycles. The summed E-state index contributed by atoms with van der Waals surface area (Å²) >= 11 is 3.42. The van der Waals surface area contributed by atoms with E-state index >= 15 is 0 Å². The van der Waals surface area contributed by atoms with Crippen molar-refractivity contribution in [2.75, 3.05) is 19.0 Å². The Morgan fingerprint density at radius 3 is 2.90 bits per heavy atom. The Kier molecular flexibility index (Phi) is 6.61. The van der Waals surface area contributed by atoms with Gasteiger partial charge in [-0.05, 0) is 31.2 Å². The monoisotopic (exact) mass is 332 g/mol. The van der Waals surface area contributed by atoms with Crippen LogP contribution in [-0.4, -0.2) is 13.7 Å². The number of methoxy groups -OCH3 is 1. The predicted octanol–water partition coefficient (Wildman–Crippen LogP) is 4.50. The van der Waals surface area contributed by atoms with Gasteiger partial charge in [0.15, 0.2) is 0 Å². The Labute approximate surface area is 128 Å². The molecule has 0 bridgehead atoms. The third-order valence-corrected chi connectivity index (χ3v) is 3.15. The van der Waals surface area contributed by atoms with Gasteiger partial charge in [0.05, 0.1) is 18.8 Å². The summed E-state index contributed by atoms with van der Waals surface area (Å²) in [5.41, 5.74) is 2.12. The summed E-state index contributed by atoms with van der Waals surface area (Å²) < 4.78 is 6.08. The molecule has 104 valence electrons. The van der Waals surface area contributed by atoms with Gasteiger partial charge >= 0.3 is 0 Å². The highest BCUT2D eigenvalue weighted by Gasteiger charge is 2.05. The van der Waals surface area contributed by atoms with Gasteiger partial charge in [0.25, 0.3) is 0 Å². The maximum Gasteiger partial charge on any atom is 0.114 e. The van der Waals surface area contributed by atoms with Crippen molar-refractivity contribution in [3.8, 4) is 6.07 Å². The van der Waals surface area contributed by atoms with Crippen molar-refractivity contribution in [2.24, 2.45) is 0 Å². The molecule has 0 radical (unpaired) electrons. The predicted molar refractivity (Wildman–Crippen MR) is 87.2 cm³/mol. The second kappa shape index (κ2) is 8.23. The Morgan fingerprint density at radius 2 is 2.30 bits per heavy atom. The first kappa shape index (κ1) is 16.1. The molecule has 0 saturated carbocycles. The van der Waals surface area contributed by atoms with E-state index in [1.54, 1.807) is 7.11 Å². The lowest BCUT2D eigenvalue weighted by atomic mass is 10.1. The van der Waals surface area contributed by atoms with E-state index < -0.39 is 0 Å². The fourth-order valence-electron chi connectivity index (χ4n) is 1.61. The number of anilines is 1. The van der Waals surface area contributed by atoms with Crippen LogP contribution in [0.3, 0.4) is 0 Å². The van der Waals surface area contributed by atoms with Crippen LogP contribution in [0.2, 0.25) is 0 Å². The van der Waals surface area contributed by atoms with Gasteiger partial charge in [-0.3, -0.25) is 0 Å². The summed E-state index contributed by atoms with van der Waals surface area (Å²) in [6.07, 6.45) is 5.74. The third kappa shape index (κ3) is 4.60. The van der Waals surface area contributed by atoms with E-state index in [9.17, 15) is 0 Å². The first-order valence-corrected chi connectivity index (χ1v) is 6.91. The number of nitrogens with one attached hydrogen (secondary N) is 1. The molecule has 0 aliphatic carbocycles. The van der Waals surface area contributed by atoms with Gasteiger partial charge in [-0.2, -0.15) is 5.26 Å². The fraction of sp³-hybridized carbons (Fsp3) is 0.188. The second-order valence-electron chi connectivity index (χ2n) is 3.96. The van der Waals surface area contributed by atoms with Crippen molar-refractivity contribution < 1.29 is 4.74 Å². The molecular formula is C16H17BrN2O.